The second-order valence-electron chi connectivity index (χ2n) is 8.72. The minimum atomic E-state index is -1.56. The van der Waals surface area contributed by atoms with Gasteiger partial charge in [0.05, 0.1) is 11.7 Å². The fourth-order valence-electron chi connectivity index (χ4n) is 4.09. The van der Waals surface area contributed by atoms with Gasteiger partial charge in [-0.3, -0.25) is 14.5 Å². The lowest BCUT2D eigenvalue weighted by Gasteiger charge is -2.50. The van der Waals surface area contributed by atoms with Crippen molar-refractivity contribution >= 4 is 86.4 Å². The number of oxazole rings is 1. The summed E-state index contributed by atoms with van der Waals surface area (Å²) >= 11 is 8.19. The summed E-state index contributed by atoms with van der Waals surface area (Å²) in [6.45, 7) is 1.28. The number of amides is 2. The van der Waals surface area contributed by atoms with Crippen LogP contribution in [0.15, 0.2) is 39.3 Å². The summed E-state index contributed by atoms with van der Waals surface area (Å²) in [7, 11) is 0. The van der Waals surface area contributed by atoms with E-state index in [-0.39, 0.29) is 39.2 Å². The number of halogens is 1. The third kappa shape index (κ3) is 5.35. The molecular formula is C22H19ClN8O8S2. The van der Waals surface area contributed by atoms with Crippen LogP contribution in [-0.2, 0) is 30.6 Å². The summed E-state index contributed by atoms with van der Waals surface area (Å²) in [5, 5.41) is 26.5. The third-order valence-electron chi connectivity index (χ3n) is 6.00. The molecule has 3 aromatic heterocycles. The molecule has 2 amide bonds. The second kappa shape index (κ2) is 10.9. The number of carboxylic acids is 2. The first-order chi connectivity index (χ1) is 19.4. The first-order valence-corrected chi connectivity index (χ1v) is 13.8. The number of thiazole rings is 1. The van der Waals surface area contributed by atoms with Crippen molar-refractivity contribution in [1.82, 2.24) is 20.2 Å². The number of β-lactam (4-membered cyclic amide) rings is 1. The summed E-state index contributed by atoms with van der Waals surface area (Å²) in [6, 6.07) is 0.483. The highest BCUT2D eigenvalue weighted by Crippen LogP contribution is 2.40. The van der Waals surface area contributed by atoms with E-state index in [1.54, 1.807) is 23.0 Å². The molecule has 1 unspecified atom stereocenters. The molecule has 1 fully saturated rings. The Morgan fingerprint density at radius 1 is 1.41 bits per heavy atom. The molecule has 0 spiro atoms. The molecule has 0 saturated carbocycles. The summed E-state index contributed by atoms with van der Waals surface area (Å²) in [6.07, 6.45) is 1.84. The molecular weight excluding hydrogens is 604 g/mol. The molecule has 5 rings (SSSR count). The van der Waals surface area contributed by atoms with E-state index in [1.807, 2.05) is 0 Å². The molecule has 3 atom stereocenters. The van der Waals surface area contributed by atoms with Gasteiger partial charge in [-0.25, -0.2) is 9.78 Å². The lowest BCUT2D eigenvalue weighted by molar-refractivity contribution is -0.688. The van der Waals surface area contributed by atoms with Gasteiger partial charge in [-0.15, -0.1) is 11.8 Å². The van der Waals surface area contributed by atoms with Crippen molar-refractivity contribution in [3.63, 3.8) is 0 Å². The number of hydrogen-bond acceptors (Lipinski definition) is 14. The molecule has 2 aliphatic heterocycles. The number of aromatic nitrogens is 3. The number of hydrogen-bond donors (Lipinski definition) is 4. The zero-order chi connectivity index (χ0) is 29.6. The maximum Gasteiger partial charge on any atom is 0.347 e. The Hall–Kier alpha value is -4.42. The van der Waals surface area contributed by atoms with Gasteiger partial charge in [-0.05, 0) is 6.92 Å². The van der Waals surface area contributed by atoms with Gasteiger partial charge in [0.25, 0.3) is 17.8 Å². The van der Waals surface area contributed by atoms with Crippen LogP contribution in [-0.4, -0.2) is 72.7 Å². The number of oxime groups is 1. The fourth-order valence-corrected chi connectivity index (χ4v) is 6.35. The summed E-state index contributed by atoms with van der Waals surface area (Å²) < 4.78 is 6.95. The van der Waals surface area contributed by atoms with Gasteiger partial charge >= 0.3 is 5.97 Å². The smallest absolute Gasteiger partial charge is 0.347 e. The van der Waals surface area contributed by atoms with Gasteiger partial charge in [0, 0.05) is 17.4 Å². The maximum absolute atomic E-state index is 13.2. The number of carbonyl (C=O) groups excluding carboxylic acids is 3. The van der Waals surface area contributed by atoms with Crippen molar-refractivity contribution in [1.29, 1.82) is 0 Å². The van der Waals surface area contributed by atoms with E-state index >= 15 is 0 Å². The van der Waals surface area contributed by atoms with Crippen LogP contribution in [0, 0.1) is 0 Å². The molecule has 16 nitrogen and oxygen atoms in total. The lowest BCUT2D eigenvalue weighted by atomic mass is 10.0. The molecule has 0 aromatic carbocycles. The third-order valence-corrected chi connectivity index (χ3v) is 8.42. The van der Waals surface area contributed by atoms with Crippen LogP contribution >= 0.6 is 34.7 Å². The predicted octanol–water partition coefficient (Wildman–Crippen LogP) is -1.31. The van der Waals surface area contributed by atoms with Gasteiger partial charge in [0.15, 0.2) is 23.6 Å². The van der Waals surface area contributed by atoms with Gasteiger partial charge in [0.2, 0.25) is 17.9 Å². The number of carboxylic acid groups (broad SMARTS) is 2. The Bertz CT molecular complexity index is 1670. The van der Waals surface area contributed by atoms with E-state index in [0.29, 0.717) is 16.7 Å². The molecule has 19 heteroatoms. The van der Waals surface area contributed by atoms with Crippen LogP contribution in [0.1, 0.15) is 12.6 Å². The zero-order valence-electron chi connectivity index (χ0n) is 20.8. The molecule has 41 heavy (non-hydrogen) atoms. The highest BCUT2D eigenvalue weighted by atomic mass is 35.5. The van der Waals surface area contributed by atoms with Crippen molar-refractivity contribution in [2.24, 2.45) is 5.16 Å². The number of nitrogen functional groups attached to an aromatic ring is 2. The molecule has 1 saturated heterocycles. The average Bonchev–Trinajstić information content (AvgIpc) is 3.45. The summed E-state index contributed by atoms with van der Waals surface area (Å²) in [5.41, 5.74) is 11.6. The topological polar surface area (TPSA) is 243 Å². The van der Waals surface area contributed by atoms with Crippen molar-refractivity contribution in [3.05, 3.63) is 39.8 Å². The highest BCUT2D eigenvalue weighted by Gasteiger charge is 2.53. The van der Waals surface area contributed by atoms with E-state index in [9.17, 15) is 24.3 Å². The maximum atomic E-state index is 13.2. The van der Waals surface area contributed by atoms with E-state index in [0.717, 1.165) is 16.2 Å². The van der Waals surface area contributed by atoms with Crippen molar-refractivity contribution < 1.29 is 43.2 Å². The van der Waals surface area contributed by atoms with Gasteiger partial charge in [0.1, 0.15) is 27.0 Å². The standard InChI is InChI=1S/C22H19ClN8O8S2/c1-7(19(34)35)39-29-12(11-15(23)41-22(25)28-11)16(32)27-13-17(33)31-14(20(36)37)8(6-40-18(13)31)4-30-3-2-9-10(5-30)38-21(24)26-9/h2-3,5,7,13,18,24H,4,6H2,1H3,(H5,25,27,28,32,34,35,36,37)/b29-12-/t7-,13+,18?/m0/s1. The van der Waals surface area contributed by atoms with Crippen LogP contribution in [0.25, 0.3) is 11.1 Å². The average molecular weight is 623 g/mol. The zero-order valence-corrected chi connectivity index (χ0v) is 23.2. The molecule has 214 valence electrons. The molecule has 5 heterocycles. The number of nitrogens with zero attached hydrogens (tertiary/aromatic N) is 5. The normalized spacial score (nSPS) is 19.5. The van der Waals surface area contributed by atoms with Crippen molar-refractivity contribution in [3.8, 4) is 0 Å². The molecule has 2 aliphatic rings. The quantitative estimate of drug-likeness (QED) is 0.0938. The number of nitrogens with two attached hydrogens (primary N) is 2. The Balaban J connectivity index is 1.37. The molecule has 0 aliphatic carbocycles. The highest BCUT2D eigenvalue weighted by molar-refractivity contribution is 8.00. The molecule has 0 radical (unpaired) electrons. The number of fused-ring (bicyclic) bond motifs is 2. The SMILES string of the molecule is C[C@H](O/N=C(\C(=O)N[C@@H]1C(=O)N2C(C(=O)[O-])=C(C[n+]3ccc4nc(N)oc4c3)CSC12)c1nc(N)sc1Cl)C(=O)O. The lowest BCUT2D eigenvalue weighted by Crippen LogP contribution is -2.71. The van der Waals surface area contributed by atoms with Crippen LogP contribution in [0.5, 0.6) is 0 Å². The molecule has 0 bridgehead atoms. The van der Waals surface area contributed by atoms with Crippen LogP contribution in [0.2, 0.25) is 4.34 Å². The largest absolute Gasteiger partial charge is 0.543 e. The number of nitrogens with one attached hydrogen (secondary N) is 1. The van der Waals surface area contributed by atoms with Gasteiger partial charge < -0.3 is 41.0 Å². The minimum Gasteiger partial charge on any atom is -0.543 e. The monoisotopic (exact) mass is 622 g/mol. The Labute approximate surface area is 242 Å². The number of carbonyl (C=O) groups is 4. The Kier molecular flexibility index (Phi) is 7.45. The summed E-state index contributed by atoms with van der Waals surface area (Å²) in [4.78, 5) is 63.5. The van der Waals surface area contributed by atoms with E-state index < -0.39 is 47.0 Å². The Morgan fingerprint density at radius 2 is 2.17 bits per heavy atom. The number of rotatable bonds is 9. The first kappa shape index (κ1) is 28.1. The van der Waals surface area contributed by atoms with Crippen LogP contribution in [0.4, 0.5) is 11.1 Å². The molecule has 3 aromatic rings. The number of pyridine rings is 1. The van der Waals surface area contributed by atoms with Gasteiger partial charge in [-0.2, -0.15) is 9.55 Å². The number of aliphatic carboxylic acids is 2. The molecule has 6 N–H and O–H groups in total. The van der Waals surface area contributed by atoms with E-state index in [1.165, 1.54) is 18.7 Å². The predicted molar refractivity (Wildman–Crippen MR) is 142 cm³/mol. The number of anilines is 2. The minimum absolute atomic E-state index is 0.00517. The second-order valence-corrected chi connectivity index (χ2v) is 11.5. The summed E-state index contributed by atoms with van der Waals surface area (Å²) in [5.74, 6) is -4.38. The fraction of sp³-hybridized carbons (Fsp3) is 0.273. The van der Waals surface area contributed by atoms with E-state index in [4.69, 9.17) is 37.4 Å². The first-order valence-electron chi connectivity index (χ1n) is 11.6. The van der Waals surface area contributed by atoms with Crippen LogP contribution in [0.3, 0.4) is 0 Å². The van der Waals surface area contributed by atoms with Gasteiger partial charge in [-0.1, -0.05) is 28.1 Å². The van der Waals surface area contributed by atoms with E-state index in [2.05, 4.69) is 20.4 Å². The van der Waals surface area contributed by atoms with Crippen LogP contribution < -0.4 is 26.5 Å². The van der Waals surface area contributed by atoms with Crippen molar-refractivity contribution in [2.45, 2.75) is 31.0 Å². The Morgan fingerprint density at radius 3 is 2.83 bits per heavy atom. The van der Waals surface area contributed by atoms with Crippen molar-refractivity contribution in [2.75, 3.05) is 17.2 Å². The number of thioether (sulfide) groups is 1.